The highest BCUT2D eigenvalue weighted by Crippen LogP contribution is 2.54. The molecule has 0 spiro atoms. The number of nitrogens with zero attached hydrogens (tertiary/aromatic N) is 1. The smallest absolute Gasteiger partial charge is 0.175 e. The number of thiocarbonyl (C=S) groups is 1. The van der Waals surface area contributed by atoms with Gasteiger partial charge in [0, 0.05) is 0 Å². The normalized spacial score (nSPS) is 12.7. The van der Waals surface area contributed by atoms with E-state index >= 15 is 0 Å². The number of fused-ring (bicyclic) bond motifs is 1. The van der Waals surface area contributed by atoms with Crippen LogP contribution in [0.1, 0.15) is 22.3 Å². The van der Waals surface area contributed by atoms with Crippen molar-refractivity contribution in [3.05, 3.63) is 22.3 Å². The molecule has 3 heteroatoms. The lowest BCUT2D eigenvalue weighted by molar-refractivity contribution is 1.26. The summed E-state index contributed by atoms with van der Waals surface area (Å²) >= 11 is 5.00. The van der Waals surface area contributed by atoms with Crippen LogP contribution >= 0.6 is 12.2 Å². The zero-order valence-electron chi connectivity index (χ0n) is 8.93. The molecule has 0 amide bonds. The summed E-state index contributed by atoms with van der Waals surface area (Å²) in [6, 6.07) is 0. The third kappa shape index (κ3) is 0.989. The maximum Gasteiger partial charge on any atom is 0.175 e. The molecular weight excluding hydrogens is 192 g/mol. The Bertz CT molecular complexity index is 414. The largest absolute Gasteiger partial charge is 0.376 e. The molecule has 2 nitrogen and oxygen atoms in total. The third-order valence-corrected chi connectivity index (χ3v) is 3.42. The molecule has 0 saturated heterocycles. The molecule has 0 aromatic heterocycles. The Morgan fingerprint density at radius 2 is 1.29 bits per heavy atom. The summed E-state index contributed by atoms with van der Waals surface area (Å²) < 4.78 is 0. The molecule has 0 unspecified atom stereocenters. The number of benzene rings is 1. The summed E-state index contributed by atoms with van der Waals surface area (Å²) in [4.78, 5) is 1.96. The van der Waals surface area contributed by atoms with E-state index in [2.05, 4.69) is 27.7 Å². The van der Waals surface area contributed by atoms with Crippen molar-refractivity contribution in [1.29, 1.82) is 0 Å². The minimum atomic E-state index is 0.455. The SMILES string of the molecule is Cc1c(C)c(C)c2c(c1C)N2C(N)=S. The van der Waals surface area contributed by atoms with Crippen molar-refractivity contribution in [2.24, 2.45) is 5.73 Å². The number of hydrogen-bond acceptors (Lipinski definition) is 1. The fraction of sp³-hybridized carbons (Fsp3) is 0.364. The predicted molar refractivity (Wildman–Crippen MR) is 64.3 cm³/mol. The first kappa shape index (κ1) is 9.46. The van der Waals surface area contributed by atoms with Crippen LogP contribution in [0.2, 0.25) is 0 Å². The molecule has 1 heterocycles. The van der Waals surface area contributed by atoms with E-state index in [4.69, 9.17) is 18.0 Å². The second-order valence-corrected chi connectivity index (χ2v) is 4.29. The van der Waals surface area contributed by atoms with Crippen molar-refractivity contribution in [1.82, 2.24) is 0 Å². The van der Waals surface area contributed by atoms with Gasteiger partial charge in [-0.1, -0.05) is 0 Å². The lowest BCUT2D eigenvalue weighted by Crippen LogP contribution is -2.20. The van der Waals surface area contributed by atoms with E-state index < -0.39 is 0 Å². The zero-order chi connectivity index (χ0) is 10.6. The molecule has 1 aliphatic heterocycles. The average Bonchev–Trinajstić information content (AvgIpc) is 2.86. The van der Waals surface area contributed by atoms with Crippen molar-refractivity contribution in [3.8, 4) is 0 Å². The Hall–Kier alpha value is -1.09. The van der Waals surface area contributed by atoms with Crippen molar-refractivity contribution >= 4 is 28.7 Å². The molecule has 1 aliphatic rings. The minimum Gasteiger partial charge on any atom is -0.376 e. The summed E-state index contributed by atoms with van der Waals surface area (Å²) in [5.41, 5.74) is 13.4. The molecule has 0 radical (unpaired) electrons. The van der Waals surface area contributed by atoms with Crippen molar-refractivity contribution < 1.29 is 0 Å². The lowest BCUT2D eigenvalue weighted by atomic mass is 10.0. The van der Waals surface area contributed by atoms with Crippen LogP contribution in [0.25, 0.3) is 0 Å². The summed E-state index contributed by atoms with van der Waals surface area (Å²) in [6.07, 6.45) is 0. The third-order valence-electron chi connectivity index (χ3n) is 3.24. The van der Waals surface area contributed by atoms with E-state index in [-0.39, 0.29) is 0 Å². The molecular formula is C11H14N2S. The van der Waals surface area contributed by atoms with Crippen LogP contribution in [0.15, 0.2) is 0 Å². The topological polar surface area (TPSA) is 29.0 Å². The predicted octanol–water partition coefficient (Wildman–Crippen LogP) is 2.62. The van der Waals surface area contributed by atoms with Crippen molar-refractivity contribution in [3.63, 3.8) is 0 Å². The molecule has 1 aromatic carbocycles. The van der Waals surface area contributed by atoms with Gasteiger partial charge in [0.1, 0.15) is 0 Å². The number of anilines is 2. The highest BCUT2D eigenvalue weighted by Gasteiger charge is 2.37. The summed E-state index contributed by atoms with van der Waals surface area (Å²) in [5.74, 6) is 0. The molecule has 0 atom stereocenters. The maximum absolute atomic E-state index is 5.64. The van der Waals surface area contributed by atoms with Crippen LogP contribution < -0.4 is 10.6 Å². The van der Waals surface area contributed by atoms with Gasteiger partial charge in [-0.15, -0.1) is 0 Å². The van der Waals surface area contributed by atoms with Gasteiger partial charge < -0.3 is 5.73 Å². The molecule has 1 aromatic rings. The first-order chi connectivity index (χ1) is 6.46. The Morgan fingerprint density at radius 1 is 0.929 bits per heavy atom. The van der Waals surface area contributed by atoms with Gasteiger partial charge >= 0.3 is 0 Å². The van der Waals surface area contributed by atoms with E-state index in [1.54, 1.807) is 0 Å². The van der Waals surface area contributed by atoms with Gasteiger partial charge in [-0.25, -0.2) is 0 Å². The van der Waals surface area contributed by atoms with E-state index in [1.165, 1.54) is 33.6 Å². The Morgan fingerprint density at radius 3 is 1.57 bits per heavy atom. The van der Waals surface area contributed by atoms with Crippen LogP contribution in [-0.2, 0) is 0 Å². The van der Waals surface area contributed by atoms with E-state index in [9.17, 15) is 0 Å². The first-order valence-corrected chi connectivity index (χ1v) is 5.07. The van der Waals surface area contributed by atoms with Crippen LogP contribution in [-0.4, -0.2) is 5.11 Å². The van der Waals surface area contributed by atoms with Gasteiger partial charge in [0.05, 0.1) is 11.4 Å². The van der Waals surface area contributed by atoms with Gasteiger partial charge in [0.15, 0.2) is 5.11 Å². The standard InChI is InChI=1S/C11H14N2S/c1-5-6(2)8(4)10-9(7(5)3)13(10)11(12)14/h1-4H3,(H2,12,14). The monoisotopic (exact) mass is 206 g/mol. The van der Waals surface area contributed by atoms with Gasteiger partial charge in [-0.2, -0.15) is 0 Å². The molecule has 2 N–H and O–H groups in total. The number of hydrogen-bond donors (Lipinski definition) is 1. The molecule has 0 aliphatic carbocycles. The Labute approximate surface area is 89.7 Å². The maximum atomic E-state index is 5.64. The minimum absolute atomic E-state index is 0.455. The van der Waals surface area contributed by atoms with Crippen LogP contribution in [0.4, 0.5) is 11.4 Å². The zero-order valence-corrected chi connectivity index (χ0v) is 9.75. The molecule has 0 saturated carbocycles. The second-order valence-electron chi connectivity index (χ2n) is 3.87. The Balaban J connectivity index is 2.66. The van der Waals surface area contributed by atoms with Gasteiger partial charge in [-0.3, -0.25) is 4.90 Å². The highest BCUT2D eigenvalue weighted by atomic mass is 32.1. The van der Waals surface area contributed by atoms with E-state index in [0.717, 1.165) is 0 Å². The first-order valence-electron chi connectivity index (χ1n) is 4.66. The van der Waals surface area contributed by atoms with Crippen LogP contribution in [0.5, 0.6) is 0 Å². The van der Waals surface area contributed by atoms with Gasteiger partial charge in [0.25, 0.3) is 0 Å². The highest BCUT2D eigenvalue weighted by molar-refractivity contribution is 7.80. The van der Waals surface area contributed by atoms with Crippen molar-refractivity contribution in [2.45, 2.75) is 27.7 Å². The molecule has 0 fully saturated rings. The Kier molecular flexibility index (Phi) is 1.83. The number of nitrogens with two attached hydrogens (primary N) is 1. The molecule has 14 heavy (non-hydrogen) atoms. The average molecular weight is 206 g/mol. The van der Waals surface area contributed by atoms with E-state index in [0.29, 0.717) is 5.11 Å². The lowest BCUT2D eigenvalue weighted by Gasteiger charge is -2.03. The quantitative estimate of drug-likeness (QED) is 0.522. The van der Waals surface area contributed by atoms with Gasteiger partial charge in [-0.05, 0) is 62.2 Å². The second kappa shape index (κ2) is 2.70. The van der Waals surface area contributed by atoms with Crippen LogP contribution in [0, 0.1) is 27.7 Å². The summed E-state index contributed by atoms with van der Waals surface area (Å²) in [6.45, 7) is 8.54. The summed E-state index contributed by atoms with van der Waals surface area (Å²) in [7, 11) is 0. The summed E-state index contributed by atoms with van der Waals surface area (Å²) in [5, 5.41) is 0.455. The van der Waals surface area contributed by atoms with Gasteiger partial charge in [0.2, 0.25) is 0 Å². The number of rotatable bonds is 0. The fourth-order valence-electron chi connectivity index (χ4n) is 1.99. The molecule has 0 bridgehead atoms. The molecule has 2 rings (SSSR count). The van der Waals surface area contributed by atoms with Crippen LogP contribution in [0.3, 0.4) is 0 Å². The fourth-order valence-corrected chi connectivity index (χ4v) is 2.18. The molecule has 74 valence electrons. The van der Waals surface area contributed by atoms with Crippen molar-refractivity contribution in [2.75, 3.05) is 4.90 Å². The van der Waals surface area contributed by atoms with E-state index in [1.807, 2.05) is 4.90 Å².